The molecule has 0 bridgehead atoms. The SMILES string of the molecule is CC1CCCNC1.CN1C(=O)C(C)(CCC2CCCCC2)N=C1N. The molecule has 3 rings (SSSR count). The van der Waals surface area contributed by atoms with Crippen LogP contribution in [0.2, 0.25) is 0 Å². The normalized spacial score (nSPS) is 31.5. The van der Waals surface area contributed by atoms with Crippen LogP contribution in [0, 0.1) is 11.8 Å². The maximum Gasteiger partial charge on any atom is 0.256 e. The van der Waals surface area contributed by atoms with E-state index in [0.29, 0.717) is 5.96 Å². The Kier molecular flexibility index (Phi) is 7.08. The van der Waals surface area contributed by atoms with Crippen molar-refractivity contribution in [3.8, 4) is 0 Å². The lowest BCUT2D eigenvalue weighted by Gasteiger charge is -2.25. The second-order valence-corrected chi connectivity index (χ2v) is 8.10. The highest BCUT2D eigenvalue weighted by Gasteiger charge is 2.42. The van der Waals surface area contributed by atoms with Gasteiger partial charge in [0.25, 0.3) is 5.91 Å². The van der Waals surface area contributed by atoms with Gasteiger partial charge >= 0.3 is 0 Å². The lowest BCUT2D eigenvalue weighted by Crippen LogP contribution is -2.40. The van der Waals surface area contributed by atoms with Crippen molar-refractivity contribution in [1.29, 1.82) is 0 Å². The molecule has 1 saturated carbocycles. The first-order chi connectivity index (χ1) is 11.4. The number of nitrogens with one attached hydrogen (secondary N) is 1. The zero-order valence-corrected chi connectivity index (χ0v) is 15.8. The predicted octanol–water partition coefficient (Wildman–Crippen LogP) is 2.90. The standard InChI is InChI=1S/C13H23N3O.C6H13N/c1-13(11(17)16(2)12(14)15-13)9-8-10-6-4-3-5-7-10;1-6-3-2-4-7-5-6/h10H,3-9H2,1-2H3,(H2,14,15);6-7H,2-5H2,1H3. The van der Waals surface area contributed by atoms with Gasteiger partial charge < -0.3 is 11.1 Å². The van der Waals surface area contributed by atoms with Crippen molar-refractivity contribution in [3.63, 3.8) is 0 Å². The summed E-state index contributed by atoms with van der Waals surface area (Å²) in [7, 11) is 1.70. The number of likely N-dealkylation sites (N-methyl/N-ethyl adjacent to an activating group) is 1. The van der Waals surface area contributed by atoms with E-state index in [0.717, 1.165) is 24.7 Å². The molecule has 0 aromatic carbocycles. The zero-order chi connectivity index (χ0) is 17.6. The van der Waals surface area contributed by atoms with Crippen molar-refractivity contribution in [2.75, 3.05) is 20.1 Å². The van der Waals surface area contributed by atoms with Crippen molar-refractivity contribution in [2.24, 2.45) is 22.6 Å². The van der Waals surface area contributed by atoms with Crippen molar-refractivity contribution in [1.82, 2.24) is 10.2 Å². The molecule has 138 valence electrons. The Balaban J connectivity index is 0.000000249. The summed E-state index contributed by atoms with van der Waals surface area (Å²) < 4.78 is 0. The minimum atomic E-state index is -0.601. The van der Waals surface area contributed by atoms with E-state index in [2.05, 4.69) is 17.2 Å². The summed E-state index contributed by atoms with van der Waals surface area (Å²) >= 11 is 0. The molecule has 2 heterocycles. The molecule has 3 aliphatic rings. The lowest BCUT2D eigenvalue weighted by molar-refractivity contribution is -0.130. The predicted molar refractivity (Wildman–Crippen MR) is 99.9 cm³/mol. The Hall–Kier alpha value is -1.10. The molecule has 5 heteroatoms. The van der Waals surface area contributed by atoms with Crippen LogP contribution in [0.5, 0.6) is 0 Å². The van der Waals surface area contributed by atoms with E-state index in [-0.39, 0.29) is 5.91 Å². The van der Waals surface area contributed by atoms with Crippen LogP contribution in [0.25, 0.3) is 0 Å². The molecular formula is C19H36N4O. The molecular weight excluding hydrogens is 300 g/mol. The number of nitrogens with two attached hydrogens (primary N) is 1. The number of aliphatic imine (C=N–C) groups is 1. The number of nitrogens with zero attached hydrogens (tertiary/aromatic N) is 2. The summed E-state index contributed by atoms with van der Waals surface area (Å²) in [6.45, 7) is 6.69. The Morgan fingerprint density at radius 3 is 2.42 bits per heavy atom. The topological polar surface area (TPSA) is 70.7 Å². The van der Waals surface area contributed by atoms with Crippen LogP contribution in [0.4, 0.5) is 0 Å². The van der Waals surface area contributed by atoms with Crippen LogP contribution in [-0.4, -0.2) is 42.4 Å². The number of rotatable bonds is 3. The molecule has 2 unspecified atom stereocenters. The van der Waals surface area contributed by atoms with Gasteiger partial charge in [0.1, 0.15) is 5.54 Å². The molecule has 24 heavy (non-hydrogen) atoms. The fraction of sp³-hybridized carbons (Fsp3) is 0.895. The van der Waals surface area contributed by atoms with Crippen molar-refractivity contribution < 1.29 is 4.79 Å². The van der Waals surface area contributed by atoms with E-state index in [1.54, 1.807) is 7.05 Å². The number of piperidine rings is 1. The van der Waals surface area contributed by atoms with Gasteiger partial charge in [0.05, 0.1) is 0 Å². The van der Waals surface area contributed by atoms with E-state index in [1.807, 2.05) is 6.92 Å². The Morgan fingerprint density at radius 1 is 1.25 bits per heavy atom. The van der Waals surface area contributed by atoms with Crippen molar-refractivity contribution in [3.05, 3.63) is 0 Å². The molecule has 1 amide bonds. The van der Waals surface area contributed by atoms with Crippen molar-refractivity contribution >= 4 is 11.9 Å². The average Bonchev–Trinajstić information content (AvgIpc) is 2.79. The fourth-order valence-corrected chi connectivity index (χ4v) is 3.99. The molecule has 2 fully saturated rings. The number of amides is 1. The van der Waals surface area contributed by atoms with E-state index in [9.17, 15) is 4.79 Å². The van der Waals surface area contributed by atoms with Crippen LogP contribution in [0.15, 0.2) is 4.99 Å². The largest absolute Gasteiger partial charge is 0.369 e. The van der Waals surface area contributed by atoms with E-state index >= 15 is 0 Å². The quantitative estimate of drug-likeness (QED) is 0.832. The zero-order valence-electron chi connectivity index (χ0n) is 15.8. The summed E-state index contributed by atoms with van der Waals surface area (Å²) in [4.78, 5) is 17.9. The summed E-state index contributed by atoms with van der Waals surface area (Å²) in [6, 6.07) is 0. The van der Waals surface area contributed by atoms with Gasteiger partial charge in [-0.05, 0) is 57.5 Å². The summed E-state index contributed by atoms with van der Waals surface area (Å²) in [5, 5.41) is 3.33. The van der Waals surface area contributed by atoms with E-state index < -0.39 is 5.54 Å². The van der Waals surface area contributed by atoms with E-state index in [1.165, 1.54) is 62.9 Å². The highest BCUT2D eigenvalue weighted by Crippen LogP contribution is 2.32. The third kappa shape index (κ3) is 5.20. The number of hydrogen-bond acceptors (Lipinski definition) is 4. The highest BCUT2D eigenvalue weighted by atomic mass is 16.2. The molecule has 3 N–H and O–H groups in total. The monoisotopic (exact) mass is 336 g/mol. The van der Waals surface area contributed by atoms with Gasteiger partial charge in [0.15, 0.2) is 5.96 Å². The maximum absolute atomic E-state index is 12.0. The highest BCUT2D eigenvalue weighted by molar-refractivity contribution is 6.06. The van der Waals surface area contributed by atoms with Gasteiger partial charge in [-0.15, -0.1) is 0 Å². The maximum atomic E-state index is 12.0. The molecule has 0 spiro atoms. The third-order valence-electron chi connectivity index (χ3n) is 5.78. The minimum absolute atomic E-state index is 0.0470. The van der Waals surface area contributed by atoms with E-state index in [4.69, 9.17) is 5.73 Å². The number of carbonyl (C=O) groups excluding carboxylic acids is 1. The van der Waals surface area contributed by atoms with Crippen LogP contribution < -0.4 is 11.1 Å². The minimum Gasteiger partial charge on any atom is -0.369 e. The molecule has 0 radical (unpaired) electrons. The average molecular weight is 337 g/mol. The van der Waals surface area contributed by atoms with Crippen molar-refractivity contribution in [2.45, 2.75) is 77.2 Å². The lowest BCUT2D eigenvalue weighted by atomic mass is 9.82. The van der Waals surface area contributed by atoms with Crippen LogP contribution >= 0.6 is 0 Å². The molecule has 5 nitrogen and oxygen atoms in total. The van der Waals surface area contributed by atoms with Crippen LogP contribution in [-0.2, 0) is 4.79 Å². The number of carbonyl (C=O) groups is 1. The first kappa shape index (κ1) is 19.2. The summed E-state index contributed by atoms with van der Waals surface area (Å²) in [6.07, 6.45) is 11.4. The smallest absolute Gasteiger partial charge is 0.256 e. The second kappa shape index (κ2) is 8.84. The summed E-state index contributed by atoms with van der Waals surface area (Å²) in [5.41, 5.74) is 5.11. The Morgan fingerprint density at radius 2 is 1.96 bits per heavy atom. The van der Waals surface area contributed by atoms with Gasteiger partial charge in [-0.2, -0.15) is 0 Å². The second-order valence-electron chi connectivity index (χ2n) is 8.10. The molecule has 1 aliphatic carbocycles. The molecule has 1 saturated heterocycles. The molecule has 2 atom stereocenters. The van der Waals surface area contributed by atoms with Gasteiger partial charge in [-0.25, -0.2) is 4.99 Å². The van der Waals surface area contributed by atoms with Gasteiger partial charge in [-0.1, -0.05) is 39.0 Å². The molecule has 0 aromatic rings. The van der Waals surface area contributed by atoms with Crippen LogP contribution in [0.1, 0.15) is 71.6 Å². The number of guanidine groups is 1. The van der Waals surface area contributed by atoms with Gasteiger partial charge in [0, 0.05) is 7.05 Å². The van der Waals surface area contributed by atoms with Crippen LogP contribution in [0.3, 0.4) is 0 Å². The first-order valence-electron chi connectivity index (χ1n) is 9.76. The Bertz CT molecular complexity index is 439. The fourth-order valence-electron chi connectivity index (χ4n) is 3.99. The molecule has 2 aliphatic heterocycles. The first-order valence-corrected chi connectivity index (χ1v) is 9.76. The Labute approximate surface area is 147 Å². The summed E-state index contributed by atoms with van der Waals surface area (Å²) in [5.74, 6) is 2.12. The number of hydrogen-bond donors (Lipinski definition) is 2. The molecule has 0 aromatic heterocycles. The third-order valence-corrected chi connectivity index (χ3v) is 5.78. The van der Waals surface area contributed by atoms with Gasteiger partial charge in [0.2, 0.25) is 0 Å². The van der Waals surface area contributed by atoms with Gasteiger partial charge in [-0.3, -0.25) is 9.69 Å².